The SMILES string of the molecule is Cc1ccc(NC(=O)c2cccn2CCN2CCOCC2)c(C)n1. The van der Waals surface area contributed by atoms with Gasteiger partial charge in [0, 0.05) is 38.1 Å². The highest BCUT2D eigenvalue weighted by Gasteiger charge is 2.14. The highest BCUT2D eigenvalue weighted by molar-refractivity contribution is 6.03. The third kappa shape index (κ3) is 4.01. The van der Waals surface area contributed by atoms with Gasteiger partial charge in [-0.05, 0) is 38.1 Å². The largest absolute Gasteiger partial charge is 0.379 e. The molecule has 0 spiro atoms. The minimum Gasteiger partial charge on any atom is -0.379 e. The third-order valence-electron chi connectivity index (χ3n) is 4.30. The molecule has 1 saturated heterocycles. The summed E-state index contributed by atoms with van der Waals surface area (Å²) in [4.78, 5) is 19.3. The molecular formula is C18H24N4O2. The summed E-state index contributed by atoms with van der Waals surface area (Å²) < 4.78 is 7.37. The van der Waals surface area contributed by atoms with Crippen LogP contribution in [-0.2, 0) is 11.3 Å². The van der Waals surface area contributed by atoms with Crippen LogP contribution in [0.4, 0.5) is 5.69 Å². The number of aromatic nitrogens is 2. The van der Waals surface area contributed by atoms with Crippen LogP contribution >= 0.6 is 0 Å². The van der Waals surface area contributed by atoms with E-state index in [9.17, 15) is 4.79 Å². The van der Waals surface area contributed by atoms with Gasteiger partial charge in [0.25, 0.3) is 5.91 Å². The van der Waals surface area contributed by atoms with Gasteiger partial charge in [0.1, 0.15) is 5.69 Å². The normalized spacial score (nSPS) is 15.4. The number of ether oxygens (including phenoxy) is 1. The van der Waals surface area contributed by atoms with Gasteiger partial charge in [-0.25, -0.2) is 0 Å². The number of aryl methyl sites for hydroxylation is 2. The second-order valence-electron chi connectivity index (χ2n) is 6.08. The molecular weight excluding hydrogens is 304 g/mol. The molecule has 0 atom stereocenters. The van der Waals surface area contributed by atoms with E-state index in [1.165, 1.54) is 0 Å². The molecule has 0 aliphatic carbocycles. The molecule has 0 unspecified atom stereocenters. The highest BCUT2D eigenvalue weighted by atomic mass is 16.5. The number of nitrogens with one attached hydrogen (secondary N) is 1. The maximum absolute atomic E-state index is 12.6. The van der Waals surface area contributed by atoms with Gasteiger partial charge >= 0.3 is 0 Å². The molecule has 6 nitrogen and oxygen atoms in total. The van der Waals surface area contributed by atoms with E-state index in [1.54, 1.807) is 0 Å². The van der Waals surface area contributed by atoms with Gasteiger partial charge in [-0.2, -0.15) is 0 Å². The Balaban J connectivity index is 1.64. The number of morpholine rings is 1. The lowest BCUT2D eigenvalue weighted by atomic mass is 10.2. The number of hydrogen-bond acceptors (Lipinski definition) is 4. The van der Waals surface area contributed by atoms with Crippen LogP contribution in [0.15, 0.2) is 30.5 Å². The van der Waals surface area contributed by atoms with Crippen molar-refractivity contribution in [2.75, 3.05) is 38.2 Å². The quantitative estimate of drug-likeness (QED) is 0.913. The molecule has 1 fully saturated rings. The van der Waals surface area contributed by atoms with Gasteiger partial charge < -0.3 is 14.6 Å². The molecule has 1 N–H and O–H groups in total. The van der Waals surface area contributed by atoms with Crippen LogP contribution in [0, 0.1) is 13.8 Å². The van der Waals surface area contributed by atoms with Crippen LogP contribution in [0.2, 0.25) is 0 Å². The van der Waals surface area contributed by atoms with E-state index in [0.29, 0.717) is 5.69 Å². The molecule has 0 saturated carbocycles. The highest BCUT2D eigenvalue weighted by Crippen LogP contribution is 2.14. The van der Waals surface area contributed by atoms with E-state index in [-0.39, 0.29) is 5.91 Å². The summed E-state index contributed by atoms with van der Waals surface area (Å²) in [5.74, 6) is -0.101. The van der Waals surface area contributed by atoms with Crippen LogP contribution in [-0.4, -0.2) is 53.2 Å². The summed E-state index contributed by atoms with van der Waals surface area (Å²) in [6.45, 7) is 9.05. The fourth-order valence-electron chi connectivity index (χ4n) is 2.89. The van der Waals surface area contributed by atoms with Crippen LogP contribution in [0.25, 0.3) is 0 Å². The van der Waals surface area contributed by atoms with Crippen molar-refractivity contribution in [3.05, 3.63) is 47.5 Å². The molecule has 3 rings (SSSR count). The Bertz CT molecular complexity index is 705. The molecule has 24 heavy (non-hydrogen) atoms. The first kappa shape index (κ1) is 16.7. The summed E-state index contributed by atoms with van der Waals surface area (Å²) in [5.41, 5.74) is 3.20. The van der Waals surface area contributed by atoms with Crippen LogP contribution in [0.3, 0.4) is 0 Å². The van der Waals surface area contributed by atoms with Gasteiger partial charge in [0.15, 0.2) is 0 Å². The van der Waals surface area contributed by atoms with Crippen molar-refractivity contribution in [2.24, 2.45) is 0 Å². The first-order valence-electron chi connectivity index (χ1n) is 8.34. The minimum atomic E-state index is -0.101. The summed E-state index contributed by atoms with van der Waals surface area (Å²) in [5, 5.41) is 2.96. The number of anilines is 1. The molecule has 1 amide bonds. The number of amides is 1. The average molecular weight is 328 g/mol. The summed E-state index contributed by atoms with van der Waals surface area (Å²) >= 11 is 0. The Labute approximate surface area is 142 Å². The Hall–Kier alpha value is -2.18. The molecule has 1 aliphatic heterocycles. The van der Waals surface area contributed by atoms with Crippen LogP contribution in [0.1, 0.15) is 21.9 Å². The average Bonchev–Trinajstić information content (AvgIpc) is 3.05. The Morgan fingerprint density at radius 1 is 1.21 bits per heavy atom. The number of pyridine rings is 1. The zero-order valence-electron chi connectivity index (χ0n) is 14.3. The summed E-state index contributed by atoms with van der Waals surface area (Å²) in [6.07, 6.45) is 1.95. The first-order valence-corrected chi connectivity index (χ1v) is 8.34. The van der Waals surface area contributed by atoms with Crippen molar-refractivity contribution in [2.45, 2.75) is 20.4 Å². The summed E-state index contributed by atoms with van der Waals surface area (Å²) in [6, 6.07) is 7.57. The van der Waals surface area contributed by atoms with E-state index in [1.807, 2.05) is 48.9 Å². The maximum atomic E-state index is 12.6. The van der Waals surface area contributed by atoms with Crippen molar-refractivity contribution in [3.63, 3.8) is 0 Å². The molecule has 0 bridgehead atoms. The van der Waals surface area contributed by atoms with Crippen LogP contribution in [0.5, 0.6) is 0 Å². The van der Waals surface area contributed by atoms with Gasteiger partial charge in [-0.1, -0.05) is 0 Å². The van der Waals surface area contributed by atoms with E-state index < -0.39 is 0 Å². The minimum absolute atomic E-state index is 0.101. The van der Waals surface area contributed by atoms with Crippen molar-refractivity contribution < 1.29 is 9.53 Å². The van der Waals surface area contributed by atoms with Gasteiger partial charge in [-0.15, -0.1) is 0 Å². The Kier molecular flexibility index (Phi) is 5.27. The van der Waals surface area contributed by atoms with E-state index in [2.05, 4.69) is 15.2 Å². The molecule has 2 aromatic heterocycles. The topological polar surface area (TPSA) is 59.4 Å². The second kappa shape index (κ2) is 7.59. The molecule has 1 aliphatic rings. The number of carbonyl (C=O) groups excluding carboxylic acids is 1. The lowest BCUT2D eigenvalue weighted by Gasteiger charge is -2.26. The van der Waals surface area contributed by atoms with E-state index >= 15 is 0 Å². The third-order valence-corrected chi connectivity index (χ3v) is 4.30. The lowest BCUT2D eigenvalue weighted by Crippen LogP contribution is -2.38. The molecule has 0 radical (unpaired) electrons. The lowest BCUT2D eigenvalue weighted by molar-refractivity contribution is 0.0363. The zero-order chi connectivity index (χ0) is 16.9. The standard InChI is InChI=1S/C18H24N4O2/c1-14-5-6-16(15(2)19-14)20-18(23)17-4-3-7-22(17)9-8-21-10-12-24-13-11-21/h3-7H,8-13H2,1-2H3,(H,20,23). The zero-order valence-corrected chi connectivity index (χ0v) is 14.3. The molecule has 6 heteroatoms. The first-order chi connectivity index (χ1) is 11.6. The molecule has 2 aromatic rings. The molecule has 3 heterocycles. The Morgan fingerprint density at radius 3 is 2.75 bits per heavy atom. The molecule has 128 valence electrons. The summed E-state index contributed by atoms with van der Waals surface area (Å²) in [7, 11) is 0. The van der Waals surface area contributed by atoms with Gasteiger partial charge in [0.2, 0.25) is 0 Å². The van der Waals surface area contributed by atoms with Crippen LogP contribution < -0.4 is 5.32 Å². The predicted octanol–water partition coefficient (Wildman–Crippen LogP) is 2.08. The second-order valence-corrected chi connectivity index (χ2v) is 6.08. The van der Waals surface area contributed by atoms with Crippen molar-refractivity contribution in [1.82, 2.24) is 14.5 Å². The number of carbonyl (C=O) groups is 1. The maximum Gasteiger partial charge on any atom is 0.272 e. The van der Waals surface area contributed by atoms with Gasteiger partial charge in [-0.3, -0.25) is 14.7 Å². The number of rotatable bonds is 5. The predicted molar refractivity (Wildman–Crippen MR) is 93.4 cm³/mol. The fourth-order valence-corrected chi connectivity index (χ4v) is 2.89. The fraction of sp³-hybridized carbons (Fsp3) is 0.444. The van der Waals surface area contributed by atoms with E-state index in [0.717, 1.165) is 56.5 Å². The van der Waals surface area contributed by atoms with Crippen molar-refractivity contribution in [3.8, 4) is 0 Å². The Morgan fingerprint density at radius 2 is 2.00 bits per heavy atom. The smallest absolute Gasteiger partial charge is 0.272 e. The monoisotopic (exact) mass is 328 g/mol. The van der Waals surface area contributed by atoms with E-state index in [4.69, 9.17) is 4.74 Å². The van der Waals surface area contributed by atoms with Gasteiger partial charge in [0.05, 0.1) is 24.6 Å². The number of hydrogen-bond donors (Lipinski definition) is 1. The number of nitrogens with zero attached hydrogens (tertiary/aromatic N) is 3. The van der Waals surface area contributed by atoms with Crippen molar-refractivity contribution in [1.29, 1.82) is 0 Å². The molecule has 0 aromatic carbocycles. The van der Waals surface area contributed by atoms with Crippen molar-refractivity contribution >= 4 is 11.6 Å².